The van der Waals surface area contributed by atoms with Gasteiger partial charge in [0, 0.05) is 24.2 Å². The Hall–Kier alpha value is -1.29. The summed E-state index contributed by atoms with van der Waals surface area (Å²) < 4.78 is 10.3. The highest BCUT2D eigenvalue weighted by Crippen LogP contribution is 2.29. The molecule has 0 aliphatic carbocycles. The van der Waals surface area contributed by atoms with Gasteiger partial charge in [0.1, 0.15) is 0 Å². The van der Waals surface area contributed by atoms with Crippen LogP contribution < -0.4 is 10.4 Å². The molecular formula is C11H16O4. The molecule has 4 heteroatoms. The van der Waals surface area contributed by atoms with Gasteiger partial charge in [0.15, 0.2) is 11.5 Å². The van der Waals surface area contributed by atoms with Crippen molar-refractivity contribution in [1.29, 1.82) is 0 Å². The van der Waals surface area contributed by atoms with Crippen molar-refractivity contribution in [3.63, 3.8) is 0 Å². The van der Waals surface area contributed by atoms with Crippen molar-refractivity contribution in [2.24, 2.45) is 0 Å². The Balaban J connectivity index is 3.19. The number of aryl methyl sites for hydroxylation is 1. The Bertz CT molecular complexity index is 381. The van der Waals surface area contributed by atoms with Gasteiger partial charge in [-0.05, 0) is 13.3 Å². The minimum Gasteiger partial charge on any atom is -0.493 e. The highest BCUT2D eigenvalue weighted by molar-refractivity contribution is 5.35. The molecular weight excluding hydrogens is 196 g/mol. The fourth-order valence-electron chi connectivity index (χ4n) is 1.53. The van der Waals surface area contributed by atoms with Gasteiger partial charge in [0.05, 0.1) is 7.11 Å². The molecule has 1 rings (SSSR count). The summed E-state index contributed by atoms with van der Waals surface area (Å²) in [5, 5.41) is 8.84. The SMILES string of the molecule is COc1c(C)cc(=O)oc1[C@H](C)CCO. The first-order valence-corrected chi connectivity index (χ1v) is 4.89. The average Bonchev–Trinajstić information content (AvgIpc) is 2.17. The van der Waals surface area contributed by atoms with Crippen LogP contribution in [-0.4, -0.2) is 18.8 Å². The summed E-state index contributed by atoms with van der Waals surface area (Å²) in [6.45, 7) is 3.74. The summed E-state index contributed by atoms with van der Waals surface area (Å²) in [6, 6.07) is 1.40. The predicted molar refractivity (Wildman–Crippen MR) is 56.4 cm³/mol. The Morgan fingerprint density at radius 1 is 1.60 bits per heavy atom. The second-order valence-electron chi connectivity index (χ2n) is 3.56. The minimum atomic E-state index is -0.381. The molecule has 84 valence electrons. The van der Waals surface area contributed by atoms with Gasteiger partial charge in [-0.25, -0.2) is 4.79 Å². The zero-order valence-corrected chi connectivity index (χ0v) is 9.24. The lowest BCUT2D eigenvalue weighted by Gasteiger charge is -2.13. The maximum Gasteiger partial charge on any atom is 0.336 e. The van der Waals surface area contributed by atoms with Gasteiger partial charge in [-0.1, -0.05) is 6.92 Å². The van der Waals surface area contributed by atoms with Crippen molar-refractivity contribution in [3.05, 3.63) is 27.8 Å². The summed E-state index contributed by atoms with van der Waals surface area (Å²) >= 11 is 0. The summed E-state index contributed by atoms with van der Waals surface area (Å²) in [6.07, 6.45) is 0.544. The van der Waals surface area contributed by atoms with E-state index in [0.717, 1.165) is 5.56 Å². The second kappa shape index (κ2) is 4.98. The van der Waals surface area contributed by atoms with Crippen molar-refractivity contribution in [2.75, 3.05) is 13.7 Å². The normalized spacial score (nSPS) is 12.5. The highest BCUT2D eigenvalue weighted by atomic mass is 16.5. The van der Waals surface area contributed by atoms with Crippen LogP contribution in [0.15, 0.2) is 15.3 Å². The van der Waals surface area contributed by atoms with Crippen molar-refractivity contribution >= 4 is 0 Å². The molecule has 0 fully saturated rings. The van der Waals surface area contributed by atoms with Gasteiger partial charge in [0.2, 0.25) is 0 Å². The van der Waals surface area contributed by atoms with Gasteiger partial charge < -0.3 is 14.3 Å². The minimum absolute atomic E-state index is 0.0300. The van der Waals surface area contributed by atoms with E-state index in [9.17, 15) is 4.79 Å². The van der Waals surface area contributed by atoms with Crippen LogP contribution in [0.5, 0.6) is 5.75 Å². The molecule has 4 nitrogen and oxygen atoms in total. The lowest BCUT2D eigenvalue weighted by molar-refractivity contribution is 0.263. The van der Waals surface area contributed by atoms with Crippen LogP contribution in [0, 0.1) is 6.92 Å². The number of ether oxygens (including phenoxy) is 1. The van der Waals surface area contributed by atoms with Crippen LogP contribution in [0.2, 0.25) is 0 Å². The van der Waals surface area contributed by atoms with E-state index in [-0.39, 0.29) is 18.2 Å². The Morgan fingerprint density at radius 3 is 2.80 bits per heavy atom. The van der Waals surface area contributed by atoms with E-state index in [4.69, 9.17) is 14.3 Å². The first-order chi connectivity index (χ1) is 7.10. The van der Waals surface area contributed by atoms with Gasteiger partial charge in [-0.2, -0.15) is 0 Å². The standard InChI is InChI=1S/C11H16O4/c1-7(4-5-12)11-10(14-3)8(2)6-9(13)15-11/h6-7,12H,4-5H2,1-3H3/t7-/m1/s1. The molecule has 1 aromatic heterocycles. The van der Waals surface area contributed by atoms with Gasteiger partial charge >= 0.3 is 5.63 Å². The Labute approximate surface area is 88.5 Å². The summed E-state index contributed by atoms with van der Waals surface area (Å²) in [5.41, 5.74) is 0.377. The van der Waals surface area contributed by atoms with E-state index < -0.39 is 0 Å². The molecule has 1 atom stereocenters. The molecule has 0 unspecified atom stereocenters. The Kier molecular flexibility index (Phi) is 3.91. The molecule has 15 heavy (non-hydrogen) atoms. The van der Waals surface area contributed by atoms with E-state index in [2.05, 4.69) is 0 Å². The molecule has 0 bridgehead atoms. The van der Waals surface area contributed by atoms with Crippen molar-refractivity contribution in [3.8, 4) is 5.75 Å². The maximum atomic E-state index is 11.2. The van der Waals surface area contributed by atoms with Gasteiger partial charge in [-0.3, -0.25) is 0 Å². The molecule has 0 amide bonds. The molecule has 0 spiro atoms. The first kappa shape index (κ1) is 11.8. The van der Waals surface area contributed by atoms with Crippen LogP contribution in [-0.2, 0) is 0 Å². The highest BCUT2D eigenvalue weighted by Gasteiger charge is 2.17. The molecule has 0 aromatic carbocycles. The number of hydrogen-bond acceptors (Lipinski definition) is 4. The molecule has 0 saturated heterocycles. The first-order valence-electron chi connectivity index (χ1n) is 4.89. The van der Waals surface area contributed by atoms with Gasteiger partial charge in [-0.15, -0.1) is 0 Å². The zero-order valence-electron chi connectivity index (χ0n) is 9.24. The Morgan fingerprint density at radius 2 is 2.27 bits per heavy atom. The third-order valence-electron chi connectivity index (χ3n) is 2.34. The van der Waals surface area contributed by atoms with Crippen molar-refractivity contribution in [2.45, 2.75) is 26.2 Å². The number of aliphatic hydroxyl groups is 1. The van der Waals surface area contributed by atoms with Crippen molar-refractivity contribution < 1.29 is 14.3 Å². The third kappa shape index (κ3) is 2.59. The number of aliphatic hydroxyl groups excluding tert-OH is 1. The molecule has 0 aliphatic rings. The van der Waals surface area contributed by atoms with Crippen LogP contribution >= 0.6 is 0 Å². The van der Waals surface area contributed by atoms with Crippen molar-refractivity contribution in [1.82, 2.24) is 0 Å². The maximum absolute atomic E-state index is 11.2. The smallest absolute Gasteiger partial charge is 0.336 e. The van der Waals surface area contributed by atoms with Crippen LogP contribution in [0.3, 0.4) is 0 Å². The summed E-state index contributed by atoms with van der Waals surface area (Å²) in [4.78, 5) is 11.2. The molecule has 0 saturated carbocycles. The molecule has 1 N–H and O–H groups in total. The van der Waals surface area contributed by atoms with Crippen LogP contribution in [0.25, 0.3) is 0 Å². The van der Waals surface area contributed by atoms with E-state index in [1.807, 2.05) is 6.92 Å². The average molecular weight is 212 g/mol. The summed E-state index contributed by atoms with van der Waals surface area (Å²) in [5.74, 6) is 1.07. The second-order valence-corrected chi connectivity index (χ2v) is 3.56. The fraction of sp³-hybridized carbons (Fsp3) is 0.545. The molecule has 1 aromatic rings. The van der Waals surface area contributed by atoms with E-state index in [1.54, 1.807) is 6.92 Å². The summed E-state index contributed by atoms with van der Waals surface area (Å²) in [7, 11) is 1.54. The van der Waals surface area contributed by atoms with Crippen LogP contribution in [0.1, 0.15) is 30.6 Å². The van der Waals surface area contributed by atoms with Crippen LogP contribution in [0.4, 0.5) is 0 Å². The number of methoxy groups -OCH3 is 1. The van der Waals surface area contributed by atoms with E-state index >= 15 is 0 Å². The van der Waals surface area contributed by atoms with E-state index in [1.165, 1.54) is 13.2 Å². The largest absolute Gasteiger partial charge is 0.493 e. The predicted octanol–water partition coefficient (Wildman–Crippen LogP) is 1.44. The molecule has 0 radical (unpaired) electrons. The van der Waals surface area contributed by atoms with Gasteiger partial charge in [0.25, 0.3) is 0 Å². The number of hydrogen-bond donors (Lipinski definition) is 1. The topological polar surface area (TPSA) is 59.7 Å². The fourth-order valence-corrected chi connectivity index (χ4v) is 1.53. The molecule has 0 aliphatic heterocycles. The van der Waals surface area contributed by atoms with E-state index in [0.29, 0.717) is 17.9 Å². The lowest BCUT2D eigenvalue weighted by atomic mass is 10.0. The lowest BCUT2D eigenvalue weighted by Crippen LogP contribution is -2.08. The zero-order chi connectivity index (χ0) is 11.4. The third-order valence-corrected chi connectivity index (χ3v) is 2.34. The quantitative estimate of drug-likeness (QED) is 0.820. The number of rotatable bonds is 4. The monoisotopic (exact) mass is 212 g/mol. The molecule has 1 heterocycles.